The number of rotatable bonds is 4. The minimum Gasteiger partial charge on any atom is -0.304 e. The fraction of sp³-hybridized carbons (Fsp3) is 0.185. The van der Waals surface area contributed by atoms with Gasteiger partial charge < -0.3 is 4.90 Å². The molecule has 1 atom stereocenters. The Hall–Kier alpha value is -3.97. The number of fused-ring (bicyclic) bond motifs is 1. The fourth-order valence-electron chi connectivity index (χ4n) is 4.66. The van der Waals surface area contributed by atoms with Crippen LogP contribution in [0.2, 0.25) is 0 Å². The number of hydrogen-bond donors (Lipinski definition) is 0. The van der Waals surface area contributed by atoms with Gasteiger partial charge in [0, 0.05) is 59.0 Å². The van der Waals surface area contributed by atoms with E-state index in [9.17, 15) is 4.39 Å². The number of likely N-dealkylation sites (tertiary alicyclic amines) is 1. The fourth-order valence-corrected chi connectivity index (χ4v) is 4.66. The van der Waals surface area contributed by atoms with E-state index in [1.165, 1.54) is 6.07 Å². The number of hydrogen-bond acceptors (Lipinski definition) is 5. The first kappa shape index (κ1) is 20.6. The van der Waals surface area contributed by atoms with Crippen LogP contribution in [-0.2, 0) is 0 Å². The average Bonchev–Trinajstić information content (AvgIpc) is 3.53. The number of nitrogens with zero attached hydrogens (tertiary/aromatic N) is 6. The third-order valence-electron chi connectivity index (χ3n) is 6.46. The van der Waals surface area contributed by atoms with E-state index in [1.807, 2.05) is 42.9 Å². The molecule has 0 bridgehead atoms. The molecule has 7 heteroatoms. The van der Waals surface area contributed by atoms with Crippen molar-refractivity contribution in [2.75, 3.05) is 20.1 Å². The van der Waals surface area contributed by atoms with Gasteiger partial charge in [0.1, 0.15) is 5.82 Å². The van der Waals surface area contributed by atoms with Crippen molar-refractivity contribution in [3.63, 3.8) is 0 Å². The van der Waals surface area contributed by atoms with E-state index >= 15 is 0 Å². The predicted molar refractivity (Wildman–Crippen MR) is 131 cm³/mol. The summed E-state index contributed by atoms with van der Waals surface area (Å²) in [5.41, 5.74) is 5.40. The Morgan fingerprint density at radius 3 is 2.68 bits per heavy atom. The van der Waals surface area contributed by atoms with Gasteiger partial charge >= 0.3 is 0 Å². The number of halogens is 1. The van der Waals surface area contributed by atoms with Crippen LogP contribution < -0.4 is 0 Å². The van der Waals surface area contributed by atoms with Gasteiger partial charge in [0.15, 0.2) is 5.65 Å². The number of likely N-dealkylation sites (N-methyl/N-ethyl adjacent to an activating group) is 1. The average molecular weight is 451 g/mol. The Bertz CT molecular complexity index is 1490. The van der Waals surface area contributed by atoms with Crippen molar-refractivity contribution in [1.29, 1.82) is 0 Å². The summed E-state index contributed by atoms with van der Waals surface area (Å²) in [6.45, 7) is 2.10. The van der Waals surface area contributed by atoms with Gasteiger partial charge in [-0.3, -0.25) is 9.67 Å². The van der Waals surface area contributed by atoms with Crippen LogP contribution in [0, 0.1) is 5.82 Å². The molecule has 1 unspecified atom stereocenters. The van der Waals surface area contributed by atoms with E-state index in [0.717, 1.165) is 47.2 Å². The molecule has 5 heterocycles. The smallest absolute Gasteiger partial charge is 0.160 e. The lowest BCUT2D eigenvalue weighted by molar-refractivity contribution is 0.382. The molecule has 1 aliphatic rings. The highest BCUT2D eigenvalue weighted by Gasteiger charge is 2.22. The summed E-state index contributed by atoms with van der Waals surface area (Å²) < 4.78 is 16.6. The molecule has 1 saturated heterocycles. The third kappa shape index (κ3) is 3.74. The minimum absolute atomic E-state index is 0.312. The monoisotopic (exact) mass is 450 g/mol. The standard InChI is InChI=1S/C27H23FN6/c1-33-10-8-21(17-33)34-16-20(15-31-34)18-11-19(14-29-13-18)24-12-26(23-5-2-3-7-25(23)28)32-27-22(24)6-4-9-30-27/h2-7,9,11-16,21H,8,10,17H2,1H3. The molecule has 0 N–H and O–H groups in total. The molecule has 34 heavy (non-hydrogen) atoms. The van der Waals surface area contributed by atoms with Gasteiger partial charge in [0.2, 0.25) is 0 Å². The highest BCUT2D eigenvalue weighted by Crippen LogP contribution is 2.34. The van der Waals surface area contributed by atoms with Crippen molar-refractivity contribution < 1.29 is 4.39 Å². The molecule has 0 amide bonds. The van der Waals surface area contributed by atoms with E-state index in [2.05, 4.69) is 48.9 Å². The lowest BCUT2D eigenvalue weighted by atomic mass is 9.99. The topological polar surface area (TPSA) is 59.7 Å². The van der Waals surface area contributed by atoms with Gasteiger partial charge in [-0.1, -0.05) is 12.1 Å². The van der Waals surface area contributed by atoms with Gasteiger partial charge in [0.25, 0.3) is 0 Å². The van der Waals surface area contributed by atoms with Gasteiger partial charge in [-0.15, -0.1) is 0 Å². The van der Waals surface area contributed by atoms with Gasteiger partial charge in [-0.25, -0.2) is 14.4 Å². The predicted octanol–water partition coefficient (Wildman–Crippen LogP) is 5.24. The first-order chi connectivity index (χ1) is 16.7. The summed E-state index contributed by atoms with van der Waals surface area (Å²) in [7, 11) is 2.14. The molecule has 168 valence electrons. The highest BCUT2D eigenvalue weighted by atomic mass is 19.1. The summed E-state index contributed by atoms with van der Waals surface area (Å²) in [5.74, 6) is -0.312. The summed E-state index contributed by atoms with van der Waals surface area (Å²) in [6, 6.07) is 15.0. The zero-order valence-electron chi connectivity index (χ0n) is 18.8. The highest BCUT2D eigenvalue weighted by molar-refractivity contribution is 5.95. The van der Waals surface area contributed by atoms with Crippen LogP contribution in [0.3, 0.4) is 0 Å². The van der Waals surface area contributed by atoms with Gasteiger partial charge in [-0.2, -0.15) is 5.10 Å². The Balaban J connectivity index is 1.44. The summed E-state index contributed by atoms with van der Waals surface area (Å²) in [4.78, 5) is 15.9. The lowest BCUT2D eigenvalue weighted by Gasteiger charge is -2.11. The maximum absolute atomic E-state index is 14.6. The largest absolute Gasteiger partial charge is 0.304 e. The van der Waals surface area contributed by atoms with Crippen LogP contribution in [0.4, 0.5) is 4.39 Å². The number of benzene rings is 1. The van der Waals surface area contributed by atoms with Gasteiger partial charge in [0.05, 0.1) is 17.9 Å². The van der Waals surface area contributed by atoms with E-state index in [4.69, 9.17) is 0 Å². The first-order valence-corrected chi connectivity index (χ1v) is 11.3. The third-order valence-corrected chi connectivity index (χ3v) is 6.46. The first-order valence-electron chi connectivity index (χ1n) is 11.3. The molecule has 0 radical (unpaired) electrons. The van der Waals surface area contributed by atoms with Crippen LogP contribution in [0.1, 0.15) is 12.5 Å². The minimum atomic E-state index is -0.312. The van der Waals surface area contributed by atoms with Crippen molar-refractivity contribution in [3.05, 3.63) is 85.3 Å². The molecule has 0 saturated carbocycles. The van der Waals surface area contributed by atoms with E-state index in [0.29, 0.717) is 22.9 Å². The lowest BCUT2D eigenvalue weighted by Crippen LogP contribution is -2.16. The molecule has 1 aromatic carbocycles. The Morgan fingerprint density at radius 2 is 1.82 bits per heavy atom. The molecular weight excluding hydrogens is 427 g/mol. The molecule has 6 nitrogen and oxygen atoms in total. The van der Waals surface area contributed by atoms with Crippen LogP contribution >= 0.6 is 0 Å². The van der Waals surface area contributed by atoms with Crippen molar-refractivity contribution >= 4 is 11.0 Å². The molecule has 6 rings (SSSR count). The van der Waals surface area contributed by atoms with Crippen molar-refractivity contribution in [2.24, 2.45) is 0 Å². The second-order valence-corrected chi connectivity index (χ2v) is 8.79. The van der Waals surface area contributed by atoms with Crippen LogP contribution in [0.15, 0.2) is 79.5 Å². The molecular formula is C27H23FN6. The molecule has 0 spiro atoms. The maximum Gasteiger partial charge on any atom is 0.160 e. The normalized spacial score (nSPS) is 16.4. The van der Waals surface area contributed by atoms with E-state index in [-0.39, 0.29) is 5.82 Å². The molecule has 5 aromatic rings. The van der Waals surface area contributed by atoms with E-state index < -0.39 is 0 Å². The number of aromatic nitrogens is 5. The second-order valence-electron chi connectivity index (χ2n) is 8.79. The van der Waals surface area contributed by atoms with Crippen LogP contribution in [0.5, 0.6) is 0 Å². The molecule has 1 aliphatic heterocycles. The molecule has 4 aromatic heterocycles. The van der Waals surface area contributed by atoms with Crippen LogP contribution in [-0.4, -0.2) is 49.8 Å². The molecule has 1 fully saturated rings. The zero-order chi connectivity index (χ0) is 23.1. The summed E-state index contributed by atoms with van der Waals surface area (Å²) >= 11 is 0. The molecule has 0 aliphatic carbocycles. The summed E-state index contributed by atoms with van der Waals surface area (Å²) in [5, 5.41) is 5.52. The van der Waals surface area contributed by atoms with E-state index in [1.54, 1.807) is 18.3 Å². The van der Waals surface area contributed by atoms with Gasteiger partial charge in [-0.05, 0) is 62.0 Å². The quantitative estimate of drug-likeness (QED) is 0.375. The Morgan fingerprint density at radius 1 is 0.941 bits per heavy atom. The summed E-state index contributed by atoms with van der Waals surface area (Å²) in [6.07, 6.45) is 10.5. The number of pyridine rings is 3. The van der Waals surface area contributed by atoms with Crippen LogP contribution in [0.25, 0.3) is 44.5 Å². The van der Waals surface area contributed by atoms with Crippen molar-refractivity contribution in [1.82, 2.24) is 29.6 Å². The zero-order valence-corrected chi connectivity index (χ0v) is 18.8. The Labute approximate surface area is 196 Å². The second kappa shape index (κ2) is 8.43. The van der Waals surface area contributed by atoms with Crippen molar-refractivity contribution in [2.45, 2.75) is 12.5 Å². The van der Waals surface area contributed by atoms with Crippen molar-refractivity contribution in [3.8, 4) is 33.5 Å². The maximum atomic E-state index is 14.6. The Kier molecular flexibility index (Phi) is 5.11. The SMILES string of the molecule is CN1CCC(n2cc(-c3cncc(-c4cc(-c5ccccc5F)nc5ncccc45)c3)cn2)C1.